The van der Waals surface area contributed by atoms with Gasteiger partial charge in [0.25, 0.3) is 0 Å². The summed E-state index contributed by atoms with van der Waals surface area (Å²) in [5, 5.41) is 2.81. The normalized spacial score (nSPS) is 14.1. The maximum Gasteiger partial charge on any atom is 0.302 e. The van der Waals surface area contributed by atoms with E-state index in [0.29, 0.717) is 13.0 Å². The van der Waals surface area contributed by atoms with Crippen LogP contribution in [0.2, 0.25) is 0 Å². The second-order valence-electron chi connectivity index (χ2n) is 7.55. The van der Waals surface area contributed by atoms with E-state index in [1.807, 2.05) is 6.92 Å². The van der Waals surface area contributed by atoms with Crippen LogP contribution in [0.5, 0.6) is 0 Å². The van der Waals surface area contributed by atoms with E-state index in [2.05, 4.69) is 12.2 Å². The van der Waals surface area contributed by atoms with Crippen LogP contribution in [0.3, 0.4) is 0 Å². The molecule has 1 amide bonds. The minimum absolute atomic E-state index is 0.0356. The first-order valence-corrected chi connectivity index (χ1v) is 10.3. The molecule has 0 aliphatic rings. The van der Waals surface area contributed by atoms with Crippen LogP contribution in [0.4, 0.5) is 0 Å². The first kappa shape index (κ1) is 25.4. The van der Waals surface area contributed by atoms with Gasteiger partial charge in [-0.3, -0.25) is 14.4 Å². The Morgan fingerprint density at radius 3 is 1.89 bits per heavy atom. The third kappa shape index (κ3) is 15.2. The van der Waals surface area contributed by atoms with E-state index in [-0.39, 0.29) is 35.8 Å². The fourth-order valence-corrected chi connectivity index (χ4v) is 3.26. The summed E-state index contributed by atoms with van der Waals surface area (Å²) in [6, 6.07) is 0. The van der Waals surface area contributed by atoms with Crippen LogP contribution >= 0.6 is 0 Å². The molecule has 0 aromatic rings. The maximum absolute atomic E-state index is 11.5. The average Bonchev–Trinajstić information content (AvgIpc) is 2.57. The first-order chi connectivity index (χ1) is 12.7. The van der Waals surface area contributed by atoms with Gasteiger partial charge >= 0.3 is 11.9 Å². The van der Waals surface area contributed by atoms with Gasteiger partial charge in [-0.15, -0.1) is 0 Å². The monoisotopic (exact) mass is 385 g/mol. The minimum atomic E-state index is -0.281. The zero-order valence-electron chi connectivity index (χ0n) is 17.8. The van der Waals surface area contributed by atoms with Crippen molar-refractivity contribution in [3.8, 4) is 0 Å². The van der Waals surface area contributed by atoms with E-state index in [0.717, 1.165) is 32.2 Å². The molecule has 3 unspecified atom stereocenters. The van der Waals surface area contributed by atoms with E-state index in [9.17, 15) is 14.4 Å². The molecular weight excluding hydrogens is 346 g/mol. The zero-order valence-corrected chi connectivity index (χ0v) is 17.8. The predicted molar refractivity (Wildman–Crippen MR) is 106 cm³/mol. The van der Waals surface area contributed by atoms with E-state index in [4.69, 9.17) is 9.47 Å². The van der Waals surface area contributed by atoms with Crippen LogP contribution in [0.25, 0.3) is 0 Å². The quantitative estimate of drug-likeness (QED) is 0.340. The topological polar surface area (TPSA) is 81.7 Å². The van der Waals surface area contributed by atoms with Crippen molar-refractivity contribution >= 4 is 17.8 Å². The van der Waals surface area contributed by atoms with Crippen LogP contribution in [0, 0.1) is 11.8 Å². The Morgan fingerprint density at radius 1 is 0.778 bits per heavy atom. The molecule has 3 atom stereocenters. The van der Waals surface area contributed by atoms with Gasteiger partial charge in [-0.2, -0.15) is 0 Å². The predicted octanol–water partition coefficient (Wildman–Crippen LogP) is 4.01. The number of unbranched alkanes of at least 4 members (excludes halogenated alkanes) is 5. The first-order valence-electron chi connectivity index (χ1n) is 10.3. The Bertz CT molecular complexity index is 438. The summed E-state index contributed by atoms with van der Waals surface area (Å²) >= 11 is 0. The molecule has 6 nitrogen and oxygen atoms in total. The molecule has 27 heavy (non-hydrogen) atoms. The molecule has 0 aromatic carbocycles. The number of carbonyl (C=O) groups is 3. The molecule has 0 spiro atoms. The third-order valence-corrected chi connectivity index (χ3v) is 4.76. The molecule has 1 N–H and O–H groups in total. The number of rotatable bonds is 15. The lowest BCUT2D eigenvalue weighted by Crippen LogP contribution is -2.31. The van der Waals surface area contributed by atoms with Crippen molar-refractivity contribution in [2.75, 3.05) is 13.2 Å². The second-order valence-corrected chi connectivity index (χ2v) is 7.55. The van der Waals surface area contributed by atoms with Crippen molar-refractivity contribution in [3.05, 3.63) is 0 Å². The molecule has 0 heterocycles. The Kier molecular flexibility index (Phi) is 14.6. The Hall–Kier alpha value is -1.59. The number of ether oxygens (including phenoxy) is 2. The molecule has 6 heteroatoms. The fourth-order valence-electron chi connectivity index (χ4n) is 3.26. The molecule has 0 aromatic heterocycles. The minimum Gasteiger partial charge on any atom is -0.466 e. The largest absolute Gasteiger partial charge is 0.466 e. The van der Waals surface area contributed by atoms with Gasteiger partial charge in [0.05, 0.1) is 6.61 Å². The van der Waals surface area contributed by atoms with E-state index < -0.39 is 0 Å². The third-order valence-electron chi connectivity index (χ3n) is 4.76. The summed E-state index contributed by atoms with van der Waals surface area (Å²) < 4.78 is 10.6. The van der Waals surface area contributed by atoms with Crippen LogP contribution in [0.1, 0.15) is 86.0 Å². The molecule has 0 saturated heterocycles. The summed E-state index contributed by atoms with van der Waals surface area (Å²) in [5.41, 5.74) is 0. The zero-order chi connectivity index (χ0) is 20.7. The number of esters is 2. The van der Waals surface area contributed by atoms with E-state index in [1.54, 1.807) is 6.92 Å². The van der Waals surface area contributed by atoms with Crippen molar-refractivity contribution in [2.24, 2.45) is 11.8 Å². The van der Waals surface area contributed by atoms with Crippen molar-refractivity contribution in [3.63, 3.8) is 0 Å². The van der Waals surface area contributed by atoms with Crippen LogP contribution in [0.15, 0.2) is 0 Å². The Labute approximate surface area is 164 Å². The van der Waals surface area contributed by atoms with Crippen molar-refractivity contribution in [2.45, 2.75) is 92.1 Å². The summed E-state index contributed by atoms with van der Waals surface area (Å²) in [6.07, 6.45) is 8.38. The highest BCUT2D eigenvalue weighted by Crippen LogP contribution is 2.25. The lowest BCUT2D eigenvalue weighted by Gasteiger charge is -2.29. The van der Waals surface area contributed by atoms with Gasteiger partial charge in [0.15, 0.2) is 0 Å². The molecule has 0 aliphatic heterocycles. The van der Waals surface area contributed by atoms with Gasteiger partial charge in [-0.25, -0.2) is 0 Å². The Morgan fingerprint density at radius 2 is 1.33 bits per heavy atom. The smallest absolute Gasteiger partial charge is 0.302 e. The maximum atomic E-state index is 11.5. The van der Waals surface area contributed by atoms with Gasteiger partial charge in [0.1, 0.15) is 6.10 Å². The van der Waals surface area contributed by atoms with Crippen molar-refractivity contribution in [1.82, 2.24) is 5.32 Å². The molecule has 158 valence electrons. The molecule has 0 fully saturated rings. The summed E-state index contributed by atoms with van der Waals surface area (Å²) in [4.78, 5) is 33.1. The van der Waals surface area contributed by atoms with Crippen molar-refractivity contribution in [1.29, 1.82) is 0 Å². The molecule has 0 aliphatic carbocycles. The van der Waals surface area contributed by atoms with Crippen LogP contribution in [-0.4, -0.2) is 37.1 Å². The molecule has 0 saturated carbocycles. The Balaban J connectivity index is 4.03. The standard InChI is InChI=1S/C21H39NO5/c1-16(12-10-8-6-7-9-11-14-22-18(3)23)21(27-20(5)25)17(2)13-15-26-19(4)24/h16-17,21H,6-15H2,1-5H3,(H,22,23). The number of nitrogens with one attached hydrogen (secondary N) is 1. The van der Waals surface area contributed by atoms with E-state index in [1.165, 1.54) is 33.1 Å². The van der Waals surface area contributed by atoms with Gasteiger partial charge in [-0.05, 0) is 31.1 Å². The van der Waals surface area contributed by atoms with Gasteiger partial charge < -0.3 is 14.8 Å². The lowest BCUT2D eigenvalue weighted by atomic mass is 9.87. The van der Waals surface area contributed by atoms with Gasteiger partial charge in [-0.1, -0.05) is 46.0 Å². The number of carbonyl (C=O) groups excluding carboxylic acids is 3. The summed E-state index contributed by atoms with van der Waals surface area (Å²) in [5.74, 6) is -0.0758. The number of hydrogen-bond donors (Lipinski definition) is 1. The molecule has 0 radical (unpaired) electrons. The molecule has 0 bridgehead atoms. The summed E-state index contributed by atoms with van der Waals surface area (Å²) in [6.45, 7) is 9.69. The highest BCUT2D eigenvalue weighted by atomic mass is 16.5. The highest BCUT2D eigenvalue weighted by molar-refractivity contribution is 5.72. The molecular formula is C21H39NO5. The van der Waals surface area contributed by atoms with Gasteiger partial charge in [0, 0.05) is 27.3 Å². The summed E-state index contributed by atoms with van der Waals surface area (Å²) in [7, 11) is 0. The SMILES string of the molecule is CC(=O)NCCCCCCCCC(C)C(OC(C)=O)C(C)CCOC(C)=O. The van der Waals surface area contributed by atoms with Crippen molar-refractivity contribution < 1.29 is 23.9 Å². The van der Waals surface area contributed by atoms with Gasteiger partial charge in [0.2, 0.25) is 5.91 Å². The average molecular weight is 386 g/mol. The second kappa shape index (κ2) is 15.5. The molecule has 0 rings (SSSR count). The fraction of sp³-hybridized carbons (Fsp3) is 0.857. The van der Waals surface area contributed by atoms with E-state index >= 15 is 0 Å². The van der Waals surface area contributed by atoms with Crippen LogP contribution in [-0.2, 0) is 23.9 Å². The number of amides is 1. The highest BCUT2D eigenvalue weighted by Gasteiger charge is 2.26. The lowest BCUT2D eigenvalue weighted by molar-refractivity contribution is -0.153. The van der Waals surface area contributed by atoms with Crippen LogP contribution < -0.4 is 5.32 Å². The number of hydrogen-bond acceptors (Lipinski definition) is 5.